The molecule has 2 aromatic rings. The van der Waals surface area contributed by atoms with Gasteiger partial charge in [0.2, 0.25) is 11.8 Å². The molecule has 2 heterocycles. The molecule has 2 amide bonds. The van der Waals surface area contributed by atoms with Crippen LogP contribution in [0.1, 0.15) is 25.8 Å². The Morgan fingerprint density at radius 3 is 2.79 bits per heavy atom. The molecule has 2 N–H and O–H groups in total. The fourth-order valence-electron chi connectivity index (χ4n) is 3.74. The van der Waals surface area contributed by atoms with E-state index in [9.17, 15) is 14.4 Å². The van der Waals surface area contributed by atoms with Gasteiger partial charge in [-0.15, -0.1) is 0 Å². The number of carbonyl (C=O) groups is 3. The van der Waals surface area contributed by atoms with Crippen molar-refractivity contribution in [1.29, 1.82) is 0 Å². The largest absolute Gasteiger partial charge is 0.469 e. The van der Waals surface area contributed by atoms with Crippen LogP contribution >= 0.6 is 0 Å². The Morgan fingerprint density at radius 1 is 1.31 bits per heavy atom. The number of nitrogens with one attached hydrogen (secondary N) is 2. The Kier molecular flexibility index (Phi) is 6.53. The molecule has 0 saturated carbocycles. The Morgan fingerprint density at radius 2 is 2.07 bits per heavy atom. The van der Waals surface area contributed by atoms with Crippen molar-refractivity contribution < 1.29 is 19.1 Å². The van der Waals surface area contributed by atoms with Gasteiger partial charge < -0.3 is 19.9 Å². The van der Waals surface area contributed by atoms with Gasteiger partial charge in [-0.05, 0) is 25.5 Å². The van der Waals surface area contributed by atoms with Crippen molar-refractivity contribution in [2.75, 3.05) is 20.2 Å². The van der Waals surface area contributed by atoms with Crippen LogP contribution in [-0.4, -0.2) is 59.5 Å². The van der Waals surface area contributed by atoms with E-state index in [1.807, 2.05) is 53.8 Å². The summed E-state index contributed by atoms with van der Waals surface area (Å²) in [5.41, 5.74) is 1.98. The Balaban J connectivity index is 1.86. The van der Waals surface area contributed by atoms with Crippen LogP contribution in [0.25, 0.3) is 10.9 Å². The normalized spacial score (nSPS) is 17.4. The first-order chi connectivity index (χ1) is 13.9. The van der Waals surface area contributed by atoms with Crippen molar-refractivity contribution in [1.82, 2.24) is 20.1 Å². The number of nitrogens with zero attached hydrogens (tertiary/aromatic N) is 2. The third-order valence-electron chi connectivity index (χ3n) is 5.04. The average Bonchev–Trinajstić information content (AvgIpc) is 3.01. The highest BCUT2D eigenvalue weighted by atomic mass is 16.5. The number of methoxy groups -OCH3 is 1. The first-order valence-corrected chi connectivity index (χ1v) is 9.83. The molecule has 0 aliphatic carbocycles. The summed E-state index contributed by atoms with van der Waals surface area (Å²) in [6, 6.07) is 7.41. The lowest BCUT2D eigenvalue weighted by atomic mass is 10.1. The molecule has 1 aliphatic heterocycles. The second-order valence-electron chi connectivity index (χ2n) is 7.58. The van der Waals surface area contributed by atoms with Crippen LogP contribution < -0.4 is 10.6 Å². The Labute approximate surface area is 170 Å². The molecule has 3 rings (SSSR count). The standard InChI is InChI=1S/C21H28N4O4/c1-14(2)23-19(26)13-25-12-15(16-6-4-5-7-17(16)25)11-24-9-8-22-21(28)18(24)10-20(27)29-3/h4-7,12,14,18H,8-11,13H2,1-3H3,(H,22,28)(H,23,26)/t18-/m0/s1. The van der Waals surface area contributed by atoms with E-state index in [0.29, 0.717) is 19.6 Å². The summed E-state index contributed by atoms with van der Waals surface area (Å²) < 4.78 is 6.69. The molecule has 0 unspecified atom stereocenters. The quantitative estimate of drug-likeness (QED) is 0.678. The third-order valence-corrected chi connectivity index (χ3v) is 5.04. The minimum absolute atomic E-state index is 0.0117. The molecule has 1 saturated heterocycles. The second kappa shape index (κ2) is 9.09. The summed E-state index contributed by atoms with van der Waals surface area (Å²) in [6.07, 6.45) is 1.98. The Bertz CT molecular complexity index is 905. The van der Waals surface area contributed by atoms with E-state index in [0.717, 1.165) is 16.5 Å². The smallest absolute Gasteiger partial charge is 0.307 e. The number of ether oxygens (including phenoxy) is 1. The Hall–Kier alpha value is -2.87. The molecule has 8 nitrogen and oxygen atoms in total. The first-order valence-electron chi connectivity index (χ1n) is 9.83. The SMILES string of the molecule is COC(=O)C[C@H]1C(=O)NCCN1Cc1cn(CC(=O)NC(C)C)c2ccccc12. The molecule has 0 spiro atoms. The van der Waals surface area contributed by atoms with Crippen molar-refractivity contribution in [2.24, 2.45) is 0 Å². The van der Waals surface area contributed by atoms with Crippen molar-refractivity contribution >= 4 is 28.7 Å². The molecule has 1 aromatic heterocycles. The highest BCUT2D eigenvalue weighted by Crippen LogP contribution is 2.24. The number of amides is 2. The van der Waals surface area contributed by atoms with Gasteiger partial charge in [-0.2, -0.15) is 0 Å². The van der Waals surface area contributed by atoms with Crippen LogP contribution in [0.3, 0.4) is 0 Å². The first kappa shape index (κ1) is 20.9. The number of fused-ring (bicyclic) bond motifs is 1. The maximum atomic E-state index is 12.3. The molecular weight excluding hydrogens is 372 g/mol. The van der Waals surface area contributed by atoms with Crippen LogP contribution in [-0.2, 0) is 32.2 Å². The molecule has 8 heteroatoms. The average molecular weight is 400 g/mol. The molecule has 156 valence electrons. The van der Waals surface area contributed by atoms with E-state index >= 15 is 0 Å². The molecule has 1 fully saturated rings. The van der Waals surface area contributed by atoms with Crippen LogP contribution in [0.5, 0.6) is 0 Å². The summed E-state index contributed by atoms with van der Waals surface area (Å²) >= 11 is 0. The highest BCUT2D eigenvalue weighted by Gasteiger charge is 2.32. The van der Waals surface area contributed by atoms with Gasteiger partial charge in [0, 0.05) is 42.8 Å². The van der Waals surface area contributed by atoms with E-state index < -0.39 is 12.0 Å². The van der Waals surface area contributed by atoms with Crippen LogP contribution in [0.15, 0.2) is 30.5 Å². The molecule has 1 aliphatic rings. The van der Waals surface area contributed by atoms with E-state index in [2.05, 4.69) is 10.6 Å². The van der Waals surface area contributed by atoms with Crippen molar-refractivity contribution in [2.45, 2.75) is 45.4 Å². The van der Waals surface area contributed by atoms with Gasteiger partial charge in [0.15, 0.2) is 0 Å². The van der Waals surface area contributed by atoms with E-state index in [4.69, 9.17) is 4.74 Å². The number of hydrogen-bond donors (Lipinski definition) is 2. The molecular formula is C21H28N4O4. The van der Waals surface area contributed by atoms with Gasteiger partial charge in [0.1, 0.15) is 12.6 Å². The van der Waals surface area contributed by atoms with Crippen LogP contribution in [0.4, 0.5) is 0 Å². The molecule has 29 heavy (non-hydrogen) atoms. The number of carbonyl (C=O) groups excluding carboxylic acids is 3. The van der Waals surface area contributed by atoms with Crippen molar-refractivity contribution in [3.05, 3.63) is 36.0 Å². The number of aromatic nitrogens is 1. The van der Waals surface area contributed by atoms with Gasteiger partial charge >= 0.3 is 5.97 Å². The topological polar surface area (TPSA) is 92.7 Å². The maximum absolute atomic E-state index is 12.3. The lowest BCUT2D eigenvalue weighted by Crippen LogP contribution is -2.55. The summed E-state index contributed by atoms with van der Waals surface area (Å²) in [5, 5.41) is 6.77. The minimum atomic E-state index is -0.567. The zero-order valence-corrected chi connectivity index (χ0v) is 17.1. The molecule has 0 bridgehead atoms. The van der Waals surface area contributed by atoms with Gasteiger partial charge in [-0.1, -0.05) is 18.2 Å². The zero-order chi connectivity index (χ0) is 21.0. The van der Waals surface area contributed by atoms with Gasteiger partial charge in [-0.25, -0.2) is 0 Å². The third kappa shape index (κ3) is 4.95. The highest BCUT2D eigenvalue weighted by molar-refractivity contribution is 5.88. The fraction of sp³-hybridized carbons (Fsp3) is 0.476. The predicted octanol–water partition coefficient (Wildman–Crippen LogP) is 1.03. The van der Waals surface area contributed by atoms with Crippen molar-refractivity contribution in [3.63, 3.8) is 0 Å². The predicted molar refractivity (Wildman–Crippen MR) is 109 cm³/mol. The summed E-state index contributed by atoms with van der Waals surface area (Å²) in [7, 11) is 1.32. The lowest BCUT2D eigenvalue weighted by Gasteiger charge is -2.34. The van der Waals surface area contributed by atoms with Gasteiger partial charge in [0.25, 0.3) is 0 Å². The number of para-hydroxylation sites is 1. The maximum Gasteiger partial charge on any atom is 0.307 e. The molecule has 0 radical (unpaired) electrons. The van der Waals surface area contributed by atoms with Gasteiger partial charge in [-0.3, -0.25) is 19.3 Å². The molecule has 1 atom stereocenters. The fourth-order valence-corrected chi connectivity index (χ4v) is 3.74. The van der Waals surface area contributed by atoms with E-state index in [-0.39, 0.29) is 30.8 Å². The monoisotopic (exact) mass is 400 g/mol. The van der Waals surface area contributed by atoms with Gasteiger partial charge in [0.05, 0.1) is 13.5 Å². The number of esters is 1. The summed E-state index contributed by atoms with van der Waals surface area (Å²) in [4.78, 5) is 38.4. The minimum Gasteiger partial charge on any atom is -0.469 e. The number of rotatable bonds is 7. The van der Waals surface area contributed by atoms with Crippen LogP contribution in [0, 0.1) is 0 Å². The van der Waals surface area contributed by atoms with Crippen LogP contribution in [0.2, 0.25) is 0 Å². The molecule has 1 aromatic carbocycles. The second-order valence-corrected chi connectivity index (χ2v) is 7.58. The van der Waals surface area contributed by atoms with E-state index in [1.54, 1.807) is 0 Å². The summed E-state index contributed by atoms with van der Waals surface area (Å²) in [6.45, 7) is 5.77. The van der Waals surface area contributed by atoms with Crippen molar-refractivity contribution in [3.8, 4) is 0 Å². The summed E-state index contributed by atoms with van der Waals surface area (Å²) in [5.74, 6) is -0.625. The van der Waals surface area contributed by atoms with E-state index in [1.165, 1.54) is 7.11 Å². The zero-order valence-electron chi connectivity index (χ0n) is 17.1. The number of benzene rings is 1. The lowest BCUT2D eigenvalue weighted by molar-refractivity contribution is -0.146. The number of piperazine rings is 1. The number of hydrogen-bond acceptors (Lipinski definition) is 5.